The van der Waals surface area contributed by atoms with Gasteiger partial charge in [0.25, 0.3) is 5.91 Å². The fraction of sp³-hybridized carbons (Fsp3) is 0.333. The molecule has 94 valence electrons. The van der Waals surface area contributed by atoms with Crippen molar-refractivity contribution in [3.05, 3.63) is 40.4 Å². The van der Waals surface area contributed by atoms with Gasteiger partial charge in [0, 0.05) is 30.6 Å². The summed E-state index contributed by atoms with van der Waals surface area (Å²) in [7, 11) is 0. The lowest BCUT2D eigenvalue weighted by Gasteiger charge is -2.04. The maximum Gasteiger partial charge on any atom is 0.262 e. The number of aryl methyl sites for hydroxylation is 2. The van der Waals surface area contributed by atoms with Crippen molar-refractivity contribution in [3.8, 4) is 0 Å². The summed E-state index contributed by atoms with van der Waals surface area (Å²) in [6.45, 7) is 4.40. The SMILES string of the molecule is Cc1cc(C)nc(CCNC(=O)c2ccns2)n1. The third kappa shape index (κ3) is 3.33. The van der Waals surface area contributed by atoms with Gasteiger partial charge in [-0.3, -0.25) is 4.79 Å². The van der Waals surface area contributed by atoms with E-state index in [1.807, 2.05) is 19.9 Å². The van der Waals surface area contributed by atoms with Crippen molar-refractivity contribution in [2.75, 3.05) is 6.54 Å². The van der Waals surface area contributed by atoms with Gasteiger partial charge in [-0.05, 0) is 37.5 Å². The van der Waals surface area contributed by atoms with Crippen LogP contribution in [-0.4, -0.2) is 26.8 Å². The second kappa shape index (κ2) is 5.68. The van der Waals surface area contributed by atoms with Crippen LogP contribution in [0.15, 0.2) is 18.3 Å². The molecule has 0 saturated carbocycles. The highest BCUT2D eigenvalue weighted by molar-refractivity contribution is 7.08. The summed E-state index contributed by atoms with van der Waals surface area (Å²) in [4.78, 5) is 20.9. The molecule has 2 rings (SSSR count). The molecule has 6 heteroatoms. The van der Waals surface area contributed by atoms with Crippen LogP contribution in [0.3, 0.4) is 0 Å². The van der Waals surface area contributed by atoms with Crippen molar-refractivity contribution in [2.24, 2.45) is 0 Å². The zero-order valence-electron chi connectivity index (χ0n) is 10.3. The smallest absolute Gasteiger partial charge is 0.262 e. The van der Waals surface area contributed by atoms with E-state index in [1.54, 1.807) is 12.3 Å². The average molecular weight is 262 g/mol. The van der Waals surface area contributed by atoms with Crippen molar-refractivity contribution in [2.45, 2.75) is 20.3 Å². The van der Waals surface area contributed by atoms with Crippen LogP contribution < -0.4 is 5.32 Å². The second-order valence-corrected chi connectivity index (χ2v) is 4.78. The van der Waals surface area contributed by atoms with Gasteiger partial charge >= 0.3 is 0 Å². The minimum Gasteiger partial charge on any atom is -0.351 e. The van der Waals surface area contributed by atoms with E-state index >= 15 is 0 Å². The molecule has 0 aliphatic rings. The van der Waals surface area contributed by atoms with Crippen molar-refractivity contribution >= 4 is 17.4 Å². The van der Waals surface area contributed by atoms with Gasteiger partial charge in [-0.2, -0.15) is 0 Å². The normalized spacial score (nSPS) is 10.3. The predicted octanol–water partition coefficient (Wildman–Crippen LogP) is 1.52. The van der Waals surface area contributed by atoms with E-state index in [4.69, 9.17) is 0 Å². The quantitative estimate of drug-likeness (QED) is 0.907. The Hall–Kier alpha value is -1.82. The Bertz CT molecular complexity index is 519. The molecule has 0 atom stereocenters. The molecule has 0 aromatic carbocycles. The minimum absolute atomic E-state index is 0.0955. The Morgan fingerprint density at radius 1 is 1.33 bits per heavy atom. The van der Waals surface area contributed by atoms with E-state index in [2.05, 4.69) is 19.7 Å². The Balaban J connectivity index is 1.87. The van der Waals surface area contributed by atoms with Crippen LogP contribution >= 0.6 is 11.5 Å². The molecule has 2 heterocycles. The number of carbonyl (C=O) groups excluding carboxylic acids is 1. The van der Waals surface area contributed by atoms with E-state index in [0.717, 1.165) is 17.2 Å². The average Bonchev–Trinajstić information content (AvgIpc) is 2.80. The molecule has 18 heavy (non-hydrogen) atoms. The number of hydrogen-bond donors (Lipinski definition) is 1. The largest absolute Gasteiger partial charge is 0.351 e. The summed E-state index contributed by atoms with van der Waals surface area (Å²) in [6.07, 6.45) is 2.25. The number of aromatic nitrogens is 3. The van der Waals surface area contributed by atoms with Crippen LogP contribution in [0.4, 0.5) is 0 Å². The van der Waals surface area contributed by atoms with Gasteiger partial charge in [-0.25, -0.2) is 14.3 Å². The van der Waals surface area contributed by atoms with Crippen LogP contribution in [0.2, 0.25) is 0 Å². The van der Waals surface area contributed by atoms with Crippen molar-refractivity contribution in [3.63, 3.8) is 0 Å². The molecule has 0 saturated heterocycles. The first-order valence-corrected chi connectivity index (χ1v) is 6.42. The highest BCUT2D eigenvalue weighted by Crippen LogP contribution is 2.04. The summed E-state index contributed by atoms with van der Waals surface area (Å²) in [5, 5.41) is 2.82. The van der Waals surface area contributed by atoms with Crippen molar-refractivity contribution < 1.29 is 4.79 Å². The van der Waals surface area contributed by atoms with Gasteiger partial charge in [0.15, 0.2) is 0 Å². The Labute approximate surface area is 109 Å². The molecule has 0 aliphatic carbocycles. The summed E-state index contributed by atoms with van der Waals surface area (Å²) in [5.74, 6) is 0.666. The number of amides is 1. The molecule has 0 spiro atoms. The van der Waals surface area contributed by atoms with Crippen LogP contribution in [0.5, 0.6) is 0 Å². The van der Waals surface area contributed by atoms with Gasteiger partial charge < -0.3 is 5.32 Å². The van der Waals surface area contributed by atoms with Gasteiger partial charge in [0.2, 0.25) is 0 Å². The Morgan fingerprint density at radius 3 is 2.67 bits per heavy atom. The number of hydrogen-bond acceptors (Lipinski definition) is 5. The molecule has 1 N–H and O–H groups in total. The first-order valence-electron chi connectivity index (χ1n) is 5.65. The second-order valence-electron chi connectivity index (χ2n) is 3.95. The predicted molar refractivity (Wildman–Crippen MR) is 69.7 cm³/mol. The molecule has 0 fully saturated rings. The number of rotatable bonds is 4. The summed E-state index contributed by atoms with van der Waals surface area (Å²) in [5.41, 5.74) is 1.90. The van der Waals surface area contributed by atoms with Gasteiger partial charge in [-0.1, -0.05) is 0 Å². The van der Waals surface area contributed by atoms with Gasteiger partial charge in [0.05, 0.1) is 0 Å². The van der Waals surface area contributed by atoms with Crippen molar-refractivity contribution in [1.29, 1.82) is 0 Å². The lowest BCUT2D eigenvalue weighted by atomic mass is 10.3. The van der Waals surface area contributed by atoms with Crippen LogP contribution in [0.1, 0.15) is 26.9 Å². The lowest BCUT2D eigenvalue weighted by molar-refractivity contribution is 0.0958. The van der Waals surface area contributed by atoms with Gasteiger partial charge in [0.1, 0.15) is 10.7 Å². The fourth-order valence-corrected chi connectivity index (χ4v) is 2.13. The summed E-state index contributed by atoms with van der Waals surface area (Å²) < 4.78 is 3.89. The number of carbonyl (C=O) groups is 1. The van der Waals surface area contributed by atoms with E-state index in [9.17, 15) is 4.79 Å². The first-order chi connectivity index (χ1) is 8.65. The number of nitrogens with zero attached hydrogens (tertiary/aromatic N) is 3. The van der Waals surface area contributed by atoms with E-state index < -0.39 is 0 Å². The maximum absolute atomic E-state index is 11.6. The zero-order valence-corrected chi connectivity index (χ0v) is 11.1. The summed E-state index contributed by atoms with van der Waals surface area (Å²) >= 11 is 1.19. The highest BCUT2D eigenvalue weighted by atomic mass is 32.1. The maximum atomic E-state index is 11.6. The van der Waals surface area contributed by atoms with Gasteiger partial charge in [-0.15, -0.1) is 0 Å². The Morgan fingerprint density at radius 2 is 2.06 bits per heavy atom. The topological polar surface area (TPSA) is 67.8 Å². The molecule has 1 amide bonds. The van der Waals surface area contributed by atoms with Crippen molar-refractivity contribution in [1.82, 2.24) is 19.7 Å². The third-order valence-corrected chi connectivity index (χ3v) is 3.07. The molecule has 0 unspecified atom stereocenters. The summed E-state index contributed by atoms with van der Waals surface area (Å²) in [6, 6.07) is 3.63. The highest BCUT2D eigenvalue weighted by Gasteiger charge is 2.07. The number of nitrogens with one attached hydrogen (secondary N) is 1. The van der Waals surface area contributed by atoms with E-state index in [1.165, 1.54) is 11.5 Å². The fourth-order valence-electron chi connectivity index (χ4n) is 1.62. The molecule has 0 aliphatic heterocycles. The molecule has 2 aromatic heterocycles. The monoisotopic (exact) mass is 262 g/mol. The van der Waals surface area contributed by atoms with E-state index in [0.29, 0.717) is 17.8 Å². The molecule has 2 aromatic rings. The van der Waals surface area contributed by atoms with Crippen LogP contribution in [0, 0.1) is 13.8 Å². The standard InChI is InChI=1S/C12H14N4OS/c1-8-7-9(2)16-11(15-8)4-5-13-12(17)10-3-6-14-18-10/h3,6-7H,4-5H2,1-2H3,(H,13,17). The minimum atomic E-state index is -0.0955. The molecule has 0 radical (unpaired) electrons. The zero-order chi connectivity index (χ0) is 13.0. The Kier molecular flexibility index (Phi) is 3.99. The van der Waals surface area contributed by atoms with Crippen LogP contribution in [-0.2, 0) is 6.42 Å². The molecule has 5 nitrogen and oxygen atoms in total. The third-order valence-electron chi connectivity index (χ3n) is 2.32. The first kappa shape index (κ1) is 12.6. The lowest BCUT2D eigenvalue weighted by Crippen LogP contribution is -2.25. The van der Waals surface area contributed by atoms with Crippen LogP contribution in [0.25, 0.3) is 0 Å². The molecular weight excluding hydrogens is 248 g/mol. The van der Waals surface area contributed by atoms with E-state index in [-0.39, 0.29) is 5.91 Å². The molecular formula is C12H14N4OS. The molecule has 0 bridgehead atoms.